The number of rotatable bonds is 7. The SMILES string of the molecule is COc1ccc(NC(=O)C[NH+]2CC[NH+](CC(=O)Nc3ccccc3Cl)CC2)cc1. The molecule has 0 aromatic heterocycles. The standard InChI is InChI=1S/C21H25ClN4O3/c1-29-17-8-6-16(7-9-17)23-20(27)14-25-10-12-26(13-11-25)15-21(28)24-19-5-3-2-4-18(19)22/h2-9H,10-15H2,1H3,(H,23,27)(H,24,28)/p+2. The minimum absolute atomic E-state index is 0.00919. The lowest BCUT2D eigenvalue weighted by Gasteiger charge is -2.29. The first-order valence-electron chi connectivity index (χ1n) is 9.69. The Labute approximate surface area is 175 Å². The number of hydrogen-bond donors (Lipinski definition) is 4. The van der Waals surface area contributed by atoms with Crippen molar-refractivity contribution in [1.82, 2.24) is 0 Å². The first kappa shape index (κ1) is 21.1. The molecule has 1 heterocycles. The van der Waals surface area contributed by atoms with Crippen molar-refractivity contribution in [2.75, 3.05) is 57.0 Å². The Balaban J connectivity index is 1.39. The van der Waals surface area contributed by atoms with Crippen LogP contribution < -0.4 is 25.2 Å². The second-order valence-corrected chi connectivity index (χ2v) is 7.57. The van der Waals surface area contributed by atoms with Crippen molar-refractivity contribution in [3.63, 3.8) is 0 Å². The Morgan fingerprint density at radius 3 is 2.00 bits per heavy atom. The number of para-hydroxylation sites is 1. The predicted molar refractivity (Wildman–Crippen MR) is 113 cm³/mol. The number of anilines is 2. The summed E-state index contributed by atoms with van der Waals surface area (Å²) in [5.74, 6) is 0.699. The van der Waals surface area contributed by atoms with Crippen LogP contribution in [0, 0.1) is 0 Å². The Morgan fingerprint density at radius 2 is 1.45 bits per heavy atom. The Bertz CT molecular complexity index is 836. The molecule has 0 spiro atoms. The van der Waals surface area contributed by atoms with Crippen LogP contribution in [0.25, 0.3) is 0 Å². The van der Waals surface area contributed by atoms with Gasteiger partial charge in [0, 0.05) is 5.69 Å². The zero-order chi connectivity index (χ0) is 20.6. The lowest BCUT2D eigenvalue weighted by molar-refractivity contribution is -1.00. The fraction of sp³-hybridized carbons (Fsp3) is 0.333. The highest BCUT2D eigenvalue weighted by Crippen LogP contribution is 2.19. The number of halogens is 1. The largest absolute Gasteiger partial charge is 0.497 e. The second kappa shape index (κ2) is 10.2. The van der Waals surface area contributed by atoms with Crippen molar-refractivity contribution in [2.45, 2.75) is 0 Å². The molecule has 2 aromatic rings. The summed E-state index contributed by atoms with van der Waals surface area (Å²) in [5.41, 5.74) is 1.40. The maximum atomic E-state index is 12.3. The highest BCUT2D eigenvalue weighted by atomic mass is 35.5. The van der Waals surface area contributed by atoms with Gasteiger partial charge in [0.15, 0.2) is 13.1 Å². The Morgan fingerprint density at radius 1 is 0.897 bits per heavy atom. The van der Waals surface area contributed by atoms with E-state index in [9.17, 15) is 9.59 Å². The molecule has 7 nitrogen and oxygen atoms in total. The number of benzene rings is 2. The molecular formula is C21H27ClN4O3+2. The van der Waals surface area contributed by atoms with E-state index < -0.39 is 0 Å². The Hall–Kier alpha value is -2.61. The average Bonchev–Trinajstić information content (AvgIpc) is 2.72. The number of nitrogens with one attached hydrogen (secondary N) is 4. The van der Waals surface area contributed by atoms with Gasteiger partial charge in [-0.15, -0.1) is 0 Å². The van der Waals surface area contributed by atoms with E-state index in [1.165, 1.54) is 9.80 Å². The third kappa shape index (κ3) is 6.45. The molecule has 154 valence electrons. The zero-order valence-corrected chi connectivity index (χ0v) is 17.2. The first-order chi connectivity index (χ1) is 14.0. The number of hydrogen-bond acceptors (Lipinski definition) is 3. The van der Waals surface area contributed by atoms with Crippen LogP contribution in [0.4, 0.5) is 11.4 Å². The van der Waals surface area contributed by atoms with Crippen molar-refractivity contribution in [3.05, 3.63) is 53.6 Å². The lowest BCUT2D eigenvalue weighted by atomic mass is 10.2. The summed E-state index contributed by atoms with van der Waals surface area (Å²) >= 11 is 6.08. The highest BCUT2D eigenvalue weighted by molar-refractivity contribution is 6.33. The van der Waals surface area contributed by atoms with E-state index >= 15 is 0 Å². The van der Waals surface area contributed by atoms with Crippen molar-refractivity contribution >= 4 is 34.8 Å². The van der Waals surface area contributed by atoms with Crippen LogP contribution in [0.15, 0.2) is 48.5 Å². The lowest BCUT2D eigenvalue weighted by Crippen LogP contribution is -3.28. The van der Waals surface area contributed by atoms with Crippen LogP contribution in [0.5, 0.6) is 5.75 Å². The molecule has 29 heavy (non-hydrogen) atoms. The molecule has 1 fully saturated rings. The molecule has 0 aliphatic carbocycles. The zero-order valence-electron chi connectivity index (χ0n) is 16.5. The van der Waals surface area contributed by atoms with Gasteiger partial charge in [0.05, 0.1) is 17.8 Å². The maximum absolute atomic E-state index is 12.3. The van der Waals surface area contributed by atoms with E-state index in [0.717, 1.165) is 37.6 Å². The Kier molecular flexibility index (Phi) is 7.46. The normalized spacial score (nSPS) is 18.7. The minimum atomic E-state index is -0.0474. The van der Waals surface area contributed by atoms with Crippen LogP contribution in [-0.2, 0) is 9.59 Å². The third-order valence-electron chi connectivity index (χ3n) is 5.01. The molecule has 1 aliphatic rings. The summed E-state index contributed by atoms with van der Waals surface area (Å²) in [4.78, 5) is 27.0. The van der Waals surface area contributed by atoms with Gasteiger partial charge in [0.1, 0.15) is 31.9 Å². The van der Waals surface area contributed by atoms with Crippen LogP contribution in [0.1, 0.15) is 0 Å². The summed E-state index contributed by atoms with van der Waals surface area (Å²) in [6, 6.07) is 14.5. The molecule has 2 amide bonds. The van der Waals surface area contributed by atoms with Crippen LogP contribution in [0.3, 0.4) is 0 Å². The molecule has 4 N–H and O–H groups in total. The van der Waals surface area contributed by atoms with Gasteiger partial charge in [-0.05, 0) is 36.4 Å². The fourth-order valence-corrected chi connectivity index (χ4v) is 3.58. The maximum Gasteiger partial charge on any atom is 0.279 e. The monoisotopic (exact) mass is 418 g/mol. The van der Waals surface area contributed by atoms with Crippen LogP contribution in [-0.4, -0.2) is 58.2 Å². The number of piperazine rings is 1. The molecule has 3 rings (SSSR count). The van der Waals surface area contributed by atoms with E-state index in [1.807, 2.05) is 36.4 Å². The molecule has 0 saturated carbocycles. The minimum Gasteiger partial charge on any atom is -0.497 e. The molecule has 8 heteroatoms. The van der Waals surface area contributed by atoms with Gasteiger partial charge in [-0.1, -0.05) is 23.7 Å². The number of ether oxygens (including phenoxy) is 1. The van der Waals surface area contributed by atoms with Crippen molar-refractivity contribution in [3.8, 4) is 5.75 Å². The fourth-order valence-electron chi connectivity index (χ4n) is 3.40. The van der Waals surface area contributed by atoms with Gasteiger partial charge in [0.2, 0.25) is 0 Å². The van der Waals surface area contributed by atoms with Gasteiger partial charge < -0.3 is 25.2 Å². The molecule has 0 bridgehead atoms. The van der Waals surface area contributed by atoms with Gasteiger partial charge >= 0.3 is 0 Å². The third-order valence-corrected chi connectivity index (χ3v) is 5.34. The van der Waals surface area contributed by atoms with Crippen LogP contribution in [0.2, 0.25) is 5.02 Å². The van der Waals surface area contributed by atoms with E-state index in [2.05, 4.69) is 10.6 Å². The van der Waals surface area contributed by atoms with Crippen molar-refractivity contribution < 1.29 is 24.1 Å². The molecule has 0 atom stereocenters. The highest BCUT2D eigenvalue weighted by Gasteiger charge is 2.26. The first-order valence-corrected chi connectivity index (χ1v) is 10.1. The summed E-state index contributed by atoms with van der Waals surface area (Å²) in [5, 5.41) is 6.32. The number of carbonyl (C=O) groups excluding carboxylic acids is 2. The summed E-state index contributed by atoms with van der Waals surface area (Å²) in [7, 11) is 1.61. The van der Waals surface area contributed by atoms with Gasteiger partial charge in [-0.3, -0.25) is 9.59 Å². The summed E-state index contributed by atoms with van der Waals surface area (Å²) in [6.07, 6.45) is 0. The molecule has 2 aromatic carbocycles. The van der Waals surface area contributed by atoms with Crippen molar-refractivity contribution in [2.24, 2.45) is 0 Å². The predicted octanol–water partition coefficient (Wildman–Crippen LogP) is -0.291. The number of amides is 2. The molecule has 0 unspecified atom stereocenters. The van der Waals surface area contributed by atoms with Gasteiger partial charge in [-0.25, -0.2) is 0 Å². The number of methoxy groups -OCH3 is 1. The smallest absolute Gasteiger partial charge is 0.279 e. The van der Waals surface area contributed by atoms with Gasteiger partial charge in [0.25, 0.3) is 11.8 Å². The molecule has 1 aliphatic heterocycles. The quantitative estimate of drug-likeness (QED) is 0.499. The topological polar surface area (TPSA) is 76.3 Å². The van der Waals surface area contributed by atoms with E-state index in [1.54, 1.807) is 19.2 Å². The van der Waals surface area contributed by atoms with Crippen molar-refractivity contribution in [1.29, 1.82) is 0 Å². The van der Waals surface area contributed by atoms with E-state index in [4.69, 9.17) is 16.3 Å². The number of quaternary nitrogens is 2. The average molecular weight is 419 g/mol. The summed E-state index contributed by atoms with van der Waals surface area (Å²) < 4.78 is 5.12. The summed E-state index contributed by atoms with van der Waals surface area (Å²) in [6.45, 7) is 4.22. The number of carbonyl (C=O) groups is 2. The van der Waals surface area contributed by atoms with E-state index in [-0.39, 0.29) is 11.8 Å². The molecular weight excluding hydrogens is 392 g/mol. The van der Waals surface area contributed by atoms with Crippen LogP contribution >= 0.6 is 11.6 Å². The van der Waals surface area contributed by atoms with E-state index in [0.29, 0.717) is 23.8 Å². The second-order valence-electron chi connectivity index (χ2n) is 7.16. The molecule has 1 saturated heterocycles. The molecule has 0 radical (unpaired) electrons. The van der Waals surface area contributed by atoms with Gasteiger partial charge in [-0.2, -0.15) is 0 Å².